The number of nitrogens with one attached hydrogen (secondary N) is 2. The van der Waals surface area contributed by atoms with Gasteiger partial charge in [0.05, 0.1) is 17.7 Å². The third kappa shape index (κ3) is 2.36. The molecule has 2 N–H and O–H groups in total. The zero-order valence-corrected chi connectivity index (χ0v) is 12.8. The van der Waals surface area contributed by atoms with Crippen molar-refractivity contribution in [1.82, 2.24) is 10.3 Å². The van der Waals surface area contributed by atoms with E-state index in [0.29, 0.717) is 6.61 Å². The fourth-order valence-corrected chi connectivity index (χ4v) is 2.97. The summed E-state index contributed by atoms with van der Waals surface area (Å²) in [6, 6.07) is 8.56. The number of aromatic nitrogens is 1. The van der Waals surface area contributed by atoms with Gasteiger partial charge in [0.25, 0.3) is 0 Å². The molecule has 0 aliphatic carbocycles. The third-order valence-corrected chi connectivity index (χ3v) is 4.05. The molecular weight excluding hydrogens is 248 g/mol. The van der Waals surface area contributed by atoms with Crippen molar-refractivity contribution in [2.45, 2.75) is 45.3 Å². The van der Waals surface area contributed by atoms with Gasteiger partial charge in [0.1, 0.15) is 0 Å². The standard InChI is InChI=1S/C17H24N2O/c1-16(2,3)20-11-17(4)15-13(9-10-18-17)12-7-5-6-8-14(12)19-15/h5-8,18-19H,9-11H2,1-4H3. The molecule has 1 aromatic carbocycles. The van der Waals surface area contributed by atoms with Crippen molar-refractivity contribution in [2.75, 3.05) is 13.2 Å². The molecule has 0 amide bonds. The lowest BCUT2D eigenvalue weighted by Crippen LogP contribution is -2.49. The molecule has 1 aliphatic rings. The Hall–Kier alpha value is -1.32. The van der Waals surface area contributed by atoms with Gasteiger partial charge in [-0.3, -0.25) is 0 Å². The van der Waals surface area contributed by atoms with Gasteiger partial charge in [-0.15, -0.1) is 0 Å². The van der Waals surface area contributed by atoms with Gasteiger partial charge in [-0.1, -0.05) is 18.2 Å². The van der Waals surface area contributed by atoms with Crippen molar-refractivity contribution in [3.63, 3.8) is 0 Å². The normalized spacial score (nSPS) is 23.0. The summed E-state index contributed by atoms with van der Waals surface area (Å²) in [6.07, 6.45) is 1.07. The van der Waals surface area contributed by atoms with Gasteiger partial charge in [0, 0.05) is 23.1 Å². The van der Waals surface area contributed by atoms with Gasteiger partial charge in [-0.2, -0.15) is 0 Å². The first-order valence-electron chi connectivity index (χ1n) is 7.38. The Bertz CT molecular complexity index is 623. The van der Waals surface area contributed by atoms with Crippen molar-refractivity contribution in [3.8, 4) is 0 Å². The Balaban J connectivity index is 2.00. The monoisotopic (exact) mass is 272 g/mol. The molecule has 1 aromatic heterocycles. The second kappa shape index (κ2) is 4.61. The maximum absolute atomic E-state index is 6.04. The molecule has 2 aromatic rings. The maximum atomic E-state index is 6.04. The van der Waals surface area contributed by atoms with Crippen LogP contribution in [0.25, 0.3) is 10.9 Å². The van der Waals surface area contributed by atoms with Crippen LogP contribution in [-0.2, 0) is 16.7 Å². The number of hydrogen-bond donors (Lipinski definition) is 2. The number of benzene rings is 1. The predicted molar refractivity (Wildman–Crippen MR) is 83.1 cm³/mol. The van der Waals surface area contributed by atoms with Crippen molar-refractivity contribution < 1.29 is 4.74 Å². The molecule has 1 aliphatic heterocycles. The first-order chi connectivity index (χ1) is 9.39. The van der Waals surface area contributed by atoms with Crippen molar-refractivity contribution in [2.24, 2.45) is 0 Å². The van der Waals surface area contributed by atoms with E-state index in [4.69, 9.17) is 4.74 Å². The zero-order chi connectivity index (χ0) is 14.4. The van der Waals surface area contributed by atoms with Crippen LogP contribution < -0.4 is 5.32 Å². The second-order valence-electron chi connectivity index (χ2n) is 6.93. The molecule has 108 valence electrons. The largest absolute Gasteiger partial charge is 0.374 e. The minimum Gasteiger partial charge on any atom is -0.374 e. The molecule has 0 saturated heterocycles. The molecule has 3 rings (SSSR count). The van der Waals surface area contributed by atoms with E-state index in [1.165, 1.54) is 22.2 Å². The lowest BCUT2D eigenvalue weighted by atomic mass is 9.89. The quantitative estimate of drug-likeness (QED) is 0.879. The Kier molecular flexibility index (Phi) is 3.14. The van der Waals surface area contributed by atoms with E-state index in [2.05, 4.69) is 62.3 Å². The molecule has 2 heterocycles. The minimum atomic E-state index is -0.139. The van der Waals surface area contributed by atoms with Crippen molar-refractivity contribution in [3.05, 3.63) is 35.5 Å². The maximum Gasteiger partial charge on any atom is 0.0798 e. The molecule has 20 heavy (non-hydrogen) atoms. The second-order valence-corrected chi connectivity index (χ2v) is 6.93. The minimum absolute atomic E-state index is 0.117. The van der Waals surface area contributed by atoms with Crippen LogP contribution in [0.15, 0.2) is 24.3 Å². The molecule has 0 fully saturated rings. The summed E-state index contributed by atoms with van der Waals surface area (Å²) in [5.41, 5.74) is 3.70. The SMILES string of the molecule is CC(C)(C)OCC1(C)NCCc2c1[nH]c1ccccc21. The van der Waals surface area contributed by atoms with E-state index in [9.17, 15) is 0 Å². The fourth-order valence-electron chi connectivity index (χ4n) is 2.97. The van der Waals surface area contributed by atoms with Gasteiger partial charge in [-0.25, -0.2) is 0 Å². The highest BCUT2D eigenvalue weighted by atomic mass is 16.5. The van der Waals surface area contributed by atoms with Crippen molar-refractivity contribution >= 4 is 10.9 Å². The Labute approximate surface area is 120 Å². The van der Waals surface area contributed by atoms with Crippen LogP contribution in [0.2, 0.25) is 0 Å². The summed E-state index contributed by atoms with van der Waals surface area (Å²) in [6.45, 7) is 10.2. The Morgan fingerprint density at radius 2 is 2.00 bits per heavy atom. The number of para-hydroxylation sites is 1. The average molecular weight is 272 g/mol. The number of hydrogen-bond acceptors (Lipinski definition) is 2. The van der Waals surface area contributed by atoms with E-state index < -0.39 is 0 Å². The molecule has 0 spiro atoms. The fraction of sp³-hybridized carbons (Fsp3) is 0.529. The van der Waals surface area contributed by atoms with Crippen LogP contribution >= 0.6 is 0 Å². The molecule has 1 unspecified atom stereocenters. The summed E-state index contributed by atoms with van der Waals surface area (Å²) in [5.74, 6) is 0. The molecule has 0 saturated carbocycles. The van der Waals surface area contributed by atoms with Gasteiger partial charge in [0.2, 0.25) is 0 Å². The number of H-pyrrole nitrogens is 1. The average Bonchev–Trinajstić information content (AvgIpc) is 2.77. The highest BCUT2D eigenvalue weighted by Gasteiger charge is 2.35. The first-order valence-corrected chi connectivity index (χ1v) is 7.38. The number of fused-ring (bicyclic) bond motifs is 3. The third-order valence-electron chi connectivity index (χ3n) is 4.05. The van der Waals surface area contributed by atoms with Gasteiger partial charge in [-0.05, 0) is 45.7 Å². The predicted octanol–water partition coefficient (Wildman–Crippen LogP) is 3.34. The molecule has 0 radical (unpaired) electrons. The van der Waals surface area contributed by atoms with E-state index in [1.807, 2.05) is 0 Å². The highest BCUT2D eigenvalue weighted by Crippen LogP contribution is 2.34. The molecule has 1 atom stereocenters. The summed E-state index contributed by atoms with van der Waals surface area (Å²) in [5, 5.41) is 4.98. The summed E-state index contributed by atoms with van der Waals surface area (Å²) in [7, 11) is 0. The van der Waals surface area contributed by atoms with Crippen LogP contribution in [0.5, 0.6) is 0 Å². The molecule has 0 bridgehead atoms. The van der Waals surface area contributed by atoms with Crippen LogP contribution in [0.3, 0.4) is 0 Å². The van der Waals surface area contributed by atoms with Gasteiger partial charge in [0.15, 0.2) is 0 Å². The van der Waals surface area contributed by atoms with Crippen molar-refractivity contribution in [1.29, 1.82) is 0 Å². The Morgan fingerprint density at radius 3 is 2.75 bits per heavy atom. The topological polar surface area (TPSA) is 37.0 Å². The lowest BCUT2D eigenvalue weighted by Gasteiger charge is -2.37. The highest BCUT2D eigenvalue weighted by molar-refractivity contribution is 5.85. The van der Waals surface area contributed by atoms with Crippen LogP contribution in [0.1, 0.15) is 39.0 Å². The molecule has 3 heteroatoms. The summed E-state index contributed by atoms with van der Waals surface area (Å²) < 4.78 is 6.04. The number of ether oxygens (including phenoxy) is 1. The molecular formula is C17H24N2O. The van der Waals surface area contributed by atoms with Gasteiger partial charge >= 0.3 is 0 Å². The van der Waals surface area contributed by atoms with E-state index in [0.717, 1.165) is 13.0 Å². The number of aromatic amines is 1. The van der Waals surface area contributed by atoms with Crippen LogP contribution in [0, 0.1) is 0 Å². The van der Waals surface area contributed by atoms with Crippen LogP contribution in [0.4, 0.5) is 0 Å². The molecule has 3 nitrogen and oxygen atoms in total. The first kappa shape index (κ1) is 13.7. The van der Waals surface area contributed by atoms with E-state index in [-0.39, 0.29) is 11.1 Å². The zero-order valence-electron chi connectivity index (χ0n) is 12.8. The smallest absolute Gasteiger partial charge is 0.0798 e. The Morgan fingerprint density at radius 1 is 1.25 bits per heavy atom. The van der Waals surface area contributed by atoms with E-state index >= 15 is 0 Å². The lowest BCUT2D eigenvalue weighted by molar-refractivity contribution is -0.0368. The summed E-state index contributed by atoms with van der Waals surface area (Å²) in [4.78, 5) is 3.60. The van der Waals surface area contributed by atoms with E-state index in [1.54, 1.807) is 0 Å². The van der Waals surface area contributed by atoms with Crippen LogP contribution in [-0.4, -0.2) is 23.7 Å². The van der Waals surface area contributed by atoms with Gasteiger partial charge < -0.3 is 15.0 Å². The summed E-state index contributed by atoms with van der Waals surface area (Å²) >= 11 is 0. The number of rotatable bonds is 2.